The summed E-state index contributed by atoms with van der Waals surface area (Å²) in [6.07, 6.45) is 0. The fourth-order valence-electron chi connectivity index (χ4n) is 0.802. The van der Waals surface area contributed by atoms with E-state index in [1.165, 1.54) is 10.7 Å². The van der Waals surface area contributed by atoms with E-state index in [0.29, 0.717) is 5.15 Å². The van der Waals surface area contributed by atoms with Crippen LogP contribution >= 0.6 is 11.6 Å². The second kappa shape index (κ2) is 2.48. The molecule has 4 heteroatoms. The molecule has 0 aliphatic heterocycles. The SMILES string of the molecule is CC(C)(C)n1nc(F)cc1Cl. The summed E-state index contributed by atoms with van der Waals surface area (Å²) in [6.45, 7) is 5.72. The van der Waals surface area contributed by atoms with Gasteiger partial charge in [-0.3, -0.25) is 0 Å². The molecule has 0 spiro atoms. The van der Waals surface area contributed by atoms with E-state index in [-0.39, 0.29) is 5.54 Å². The molecule has 1 aromatic rings. The summed E-state index contributed by atoms with van der Waals surface area (Å²) in [4.78, 5) is 0. The monoisotopic (exact) mass is 176 g/mol. The van der Waals surface area contributed by atoms with Gasteiger partial charge < -0.3 is 0 Å². The highest BCUT2D eigenvalue weighted by Crippen LogP contribution is 2.20. The van der Waals surface area contributed by atoms with Gasteiger partial charge in [0.15, 0.2) is 0 Å². The molecule has 0 fully saturated rings. The molecule has 2 nitrogen and oxygen atoms in total. The summed E-state index contributed by atoms with van der Waals surface area (Å²) >= 11 is 5.69. The quantitative estimate of drug-likeness (QED) is 0.594. The Kier molecular flexibility index (Phi) is 1.92. The molecule has 0 aliphatic carbocycles. The van der Waals surface area contributed by atoms with Gasteiger partial charge in [0.05, 0.1) is 5.54 Å². The molecule has 1 aromatic heterocycles. The van der Waals surface area contributed by atoms with Gasteiger partial charge in [0.25, 0.3) is 0 Å². The predicted molar refractivity (Wildman–Crippen MR) is 42.2 cm³/mol. The molecule has 62 valence electrons. The van der Waals surface area contributed by atoms with E-state index in [1.807, 2.05) is 20.8 Å². The predicted octanol–water partition coefficient (Wildman–Crippen LogP) is 2.43. The van der Waals surface area contributed by atoms with Crippen molar-refractivity contribution in [2.45, 2.75) is 26.3 Å². The Bertz CT molecular complexity index is 262. The van der Waals surface area contributed by atoms with E-state index in [0.717, 1.165) is 0 Å². The fourth-order valence-corrected chi connectivity index (χ4v) is 1.18. The minimum atomic E-state index is -0.537. The molecule has 1 rings (SSSR count). The topological polar surface area (TPSA) is 17.8 Å². The molecule has 0 bridgehead atoms. The lowest BCUT2D eigenvalue weighted by molar-refractivity contribution is 0.343. The summed E-state index contributed by atoms with van der Waals surface area (Å²) in [7, 11) is 0. The zero-order valence-electron chi connectivity index (χ0n) is 6.73. The first-order valence-corrected chi connectivity index (χ1v) is 3.70. The second-order valence-electron chi connectivity index (χ2n) is 3.37. The molecule has 0 unspecified atom stereocenters. The molecular formula is C7H10ClFN2. The molecule has 0 aromatic carbocycles. The summed E-state index contributed by atoms with van der Waals surface area (Å²) in [5.41, 5.74) is -0.262. The zero-order chi connectivity index (χ0) is 8.65. The molecule has 0 atom stereocenters. The van der Waals surface area contributed by atoms with Crippen LogP contribution in [0.1, 0.15) is 20.8 Å². The highest BCUT2D eigenvalue weighted by Gasteiger charge is 2.18. The van der Waals surface area contributed by atoms with E-state index < -0.39 is 5.95 Å². The van der Waals surface area contributed by atoms with Crippen molar-refractivity contribution in [1.82, 2.24) is 9.78 Å². The maximum atomic E-state index is 12.5. The molecule has 11 heavy (non-hydrogen) atoms. The lowest BCUT2D eigenvalue weighted by Gasteiger charge is -2.19. The molecule has 0 saturated heterocycles. The van der Waals surface area contributed by atoms with E-state index in [4.69, 9.17) is 11.6 Å². The largest absolute Gasteiger partial charge is 0.246 e. The minimum absolute atomic E-state index is 0.262. The first-order chi connectivity index (χ1) is 4.91. The number of aromatic nitrogens is 2. The third-order valence-corrected chi connectivity index (χ3v) is 1.54. The van der Waals surface area contributed by atoms with Gasteiger partial charge in [0.2, 0.25) is 5.95 Å². The first-order valence-electron chi connectivity index (χ1n) is 3.33. The van der Waals surface area contributed by atoms with Crippen LogP contribution in [0.25, 0.3) is 0 Å². The number of rotatable bonds is 0. The number of nitrogens with zero attached hydrogens (tertiary/aromatic N) is 2. The van der Waals surface area contributed by atoms with Crippen molar-refractivity contribution in [3.8, 4) is 0 Å². The lowest BCUT2D eigenvalue weighted by Crippen LogP contribution is -2.23. The minimum Gasteiger partial charge on any atom is -0.246 e. The van der Waals surface area contributed by atoms with Crippen LogP contribution < -0.4 is 0 Å². The van der Waals surface area contributed by atoms with Crippen LogP contribution in [0.2, 0.25) is 5.15 Å². The van der Waals surface area contributed by atoms with Crippen molar-refractivity contribution in [1.29, 1.82) is 0 Å². The summed E-state index contributed by atoms with van der Waals surface area (Å²) in [5.74, 6) is -0.537. The Morgan fingerprint density at radius 1 is 1.55 bits per heavy atom. The van der Waals surface area contributed by atoms with E-state index in [2.05, 4.69) is 5.10 Å². The molecule has 0 aliphatic rings. The average Bonchev–Trinajstić information content (AvgIpc) is 2.08. The van der Waals surface area contributed by atoms with Crippen LogP contribution in [-0.4, -0.2) is 9.78 Å². The third-order valence-electron chi connectivity index (χ3n) is 1.27. The number of halogens is 2. The van der Waals surface area contributed by atoms with Gasteiger partial charge in [-0.25, -0.2) is 4.68 Å². The van der Waals surface area contributed by atoms with Crippen LogP contribution in [0.15, 0.2) is 6.07 Å². The Labute approximate surface area is 70.0 Å². The molecule has 0 N–H and O–H groups in total. The Morgan fingerprint density at radius 2 is 2.09 bits per heavy atom. The second-order valence-corrected chi connectivity index (χ2v) is 3.76. The number of hydrogen-bond acceptors (Lipinski definition) is 1. The highest BCUT2D eigenvalue weighted by atomic mass is 35.5. The fraction of sp³-hybridized carbons (Fsp3) is 0.571. The van der Waals surface area contributed by atoms with Crippen molar-refractivity contribution in [2.75, 3.05) is 0 Å². The average molecular weight is 177 g/mol. The molecule has 0 radical (unpaired) electrons. The zero-order valence-corrected chi connectivity index (χ0v) is 7.48. The van der Waals surface area contributed by atoms with Gasteiger partial charge in [-0.2, -0.15) is 4.39 Å². The first kappa shape index (κ1) is 8.53. The van der Waals surface area contributed by atoms with Crippen LogP contribution in [0.3, 0.4) is 0 Å². The van der Waals surface area contributed by atoms with Gasteiger partial charge in [-0.05, 0) is 20.8 Å². The van der Waals surface area contributed by atoms with Crippen molar-refractivity contribution in [3.63, 3.8) is 0 Å². The molecule has 1 heterocycles. The van der Waals surface area contributed by atoms with Crippen molar-refractivity contribution in [3.05, 3.63) is 17.2 Å². The van der Waals surface area contributed by atoms with Gasteiger partial charge in [0, 0.05) is 6.07 Å². The number of hydrogen-bond donors (Lipinski definition) is 0. The molecular weight excluding hydrogens is 167 g/mol. The summed E-state index contributed by atoms with van der Waals surface area (Å²) in [6, 6.07) is 1.20. The van der Waals surface area contributed by atoms with Gasteiger partial charge >= 0.3 is 0 Å². The van der Waals surface area contributed by atoms with Gasteiger partial charge in [-0.1, -0.05) is 11.6 Å². The standard InChI is InChI=1S/C7H10ClFN2/c1-7(2,3)11-5(8)4-6(9)10-11/h4H,1-3H3. The van der Waals surface area contributed by atoms with E-state index in [1.54, 1.807) is 0 Å². The molecule has 0 saturated carbocycles. The van der Waals surface area contributed by atoms with Crippen LogP contribution in [0.5, 0.6) is 0 Å². The normalized spacial score (nSPS) is 12.1. The van der Waals surface area contributed by atoms with Crippen LogP contribution in [0, 0.1) is 5.95 Å². The smallest absolute Gasteiger partial charge is 0.234 e. The third kappa shape index (κ3) is 1.71. The Morgan fingerprint density at radius 3 is 2.27 bits per heavy atom. The maximum absolute atomic E-state index is 12.5. The summed E-state index contributed by atoms with van der Waals surface area (Å²) in [5, 5.41) is 3.93. The van der Waals surface area contributed by atoms with Crippen LogP contribution in [0.4, 0.5) is 4.39 Å². The van der Waals surface area contributed by atoms with Crippen LogP contribution in [-0.2, 0) is 5.54 Å². The van der Waals surface area contributed by atoms with E-state index >= 15 is 0 Å². The van der Waals surface area contributed by atoms with Crippen molar-refractivity contribution >= 4 is 11.6 Å². The highest BCUT2D eigenvalue weighted by molar-refractivity contribution is 6.29. The van der Waals surface area contributed by atoms with Gasteiger partial charge in [-0.15, -0.1) is 5.10 Å². The van der Waals surface area contributed by atoms with E-state index in [9.17, 15) is 4.39 Å². The van der Waals surface area contributed by atoms with Crippen molar-refractivity contribution in [2.24, 2.45) is 0 Å². The Balaban J connectivity index is 3.13. The molecule has 0 amide bonds. The summed E-state index contributed by atoms with van der Waals surface area (Å²) < 4.78 is 14.0. The Hall–Kier alpha value is -0.570. The maximum Gasteiger partial charge on any atom is 0.234 e. The van der Waals surface area contributed by atoms with Crippen molar-refractivity contribution < 1.29 is 4.39 Å². The van der Waals surface area contributed by atoms with Gasteiger partial charge in [0.1, 0.15) is 5.15 Å². The lowest BCUT2D eigenvalue weighted by atomic mass is 10.1.